The van der Waals surface area contributed by atoms with Gasteiger partial charge in [0.1, 0.15) is 5.75 Å². The van der Waals surface area contributed by atoms with E-state index in [1.807, 2.05) is 51.1 Å². The minimum Gasteiger partial charge on any atom is -0.489 e. The van der Waals surface area contributed by atoms with Gasteiger partial charge in [0.05, 0.1) is 11.7 Å². The second-order valence-corrected chi connectivity index (χ2v) is 7.48. The summed E-state index contributed by atoms with van der Waals surface area (Å²) in [6.45, 7) is 12.6. The van der Waals surface area contributed by atoms with Crippen molar-refractivity contribution in [1.82, 2.24) is 0 Å². The van der Waals surface area contributed by atoms with Crippen molar-refractivity contribution in [2.75, 3.05) is 0 Å². The van der Waals surface area contributed by atoms with Gasteiger partial charge in [-0.3, -0.25) is 0 Å². The summed E-state index contributed by atoms with van der Waals surface area (Å²) in [5, 5.41) is 0. The highest BCUT2D eigenvalue weighted by Crippen LogP contribution is 2.37. The summed E-state index contributed by atoms with van der Waals surface area (Å²) in [5.74, 6) is 10.2. The highest BCUT2D eigenvalue weighted by atomic mass is 16.5. The van der Waals surface area contributed by atoms with Crippen molar-refractivity contribution in [2.45, 2.75) is 53.1 Å². The van der Waals surface area contributed by atoms with Crippen molar-refractivity contribution in [3.63, 3.8) is 0 Å². The zero-order chi connectivity index (χ0) is 18.6. The lowest BCUT2D eigenvalue weighted by atomic mass is 9.82. The first-order chi connectivity index (χ1) is 11.7. The van der Waals surface area contributed by atoms with Gasteiger partial charge in [-0.25, -0.2) is 0 Å². The Morgan fingerprint density at radius 2 is 1.68 bits per heavy atom. The molecule has 2 aromatic rings. The van der Waals surface area contributed by atoms with Crippen LogP contribution >= 0.6 is 0 Å². The Kier molecular flexibility index (Phi) is 5.61. The van der Waals surface area contributed by atoms with Crippen LogP contribution in [0.4, 0.5) is 0 Å². The summed E-state index contributed by atoms with van der Waals surface area (Å²) >= 11 is 0. The van der Waals surface area contributed by atoms with Crippen molar-refractivity contribution in [3.8, 4) is 29.9 Å². The maximum Gasteiger partial charge on any atom is 0.139 e. The third-order valence-electron chi connectivity index (χ3n) is 3.96. The summed E-state index contributed by atoms with van der Waals surface area (Å²) in [6.07, 6.45) is 5.90. The van der Waals surface area contributed by atoms with Gasteiger partial charge in [0.2, 0.25) is 0 Å². The highest BCUT2D eigenvalue weighted by molar-refractivity contribution is 5.63. The Bertz CT molecular complexity index is 847. The van der Waals surface area contributed by atoms with Gasteiger partial charge in [-0.2, -0.15) is 0 Å². The summed E-state index contributed by atoms with van der Waals surface area (Å²) in [6, 6.07) is 12.1. The molecule has 25 heavy (non-hydrogen) atoms. The monoisotopic (exact) mass is 330 g/mol. The Morgan fingerprint density at radius 3 is 2.20 bits per heavy atom. The van der Waals surface area contributed by atoms with E-state index < -0.39 is 0 Å². The molecular formula is C24H26O. The zero-order valence-corrected chi connectivity index (χ0v) is 16.0. The van der Waals surface area contributed by atoms with Gasteiger partial charge in [0.15, 0.2) is 0 Å². The summed E-state index contributed by atoms with van der Waals surface area (Å²) in [5.41, 5.74) is 4.75. The molecule has 0 heterocycles. The van der Waals surface area contributed by atoms with Crippen LogP contribution in [0.5, 0.6) is 5.75 Å². The highest BCUT2D eigenvalue weighted by Gasteiger charge is 2.24. The fourth-order valence-electron chi connectivity index (χ4n) is 2.64. The van der Waals surface area contributed by atoms with Gasteiger partial charge < -0.3 is 4.74 Å². The van der Waals surface area contributed by atoms with Crippen molar-refractivity contribution < 1.29 is 4.74 Å². The Labute approximate surface area is 152 Å². The van der Waals surface area contributed by atoms with Gasteiger partial charge in [-0.15, -0.1) is 6.42 Å². The third-order valence-corrected chi connectivity index (χ3v) is 3.96. The minimum absolute atomic E-state index is 0.0638. The third kappa shape index (κ3) is 4.46. The molecule has 0 saturated heterocycles. The molecule has 2 rings (SSSR count). The molecule has 0 aliphatic carbocycles. The van der Waals surface area contributed by atoms with Gasteiger partial charge in [-0.05, 0) is 49.9 Å². The minimum atomic E-state index is -0.0906. The molecule has 1 nitrogen and oxygen atoms in total. The van der Waals surface area contributed by atoms with Gasteiger partial charge in [-0.1, -0.05) is 56.7 Å². The Morgan fingerprint density at radius 1 is 1.04 bits per heavy atom. The molecule has 2 aromatic carbocycles. The second kappa shape index (κ2) is 7.50. The first-order valence-electron chi connectivity index (χ1n) is 8.62. The molecule has 0 saturated carbocycles. The van der Waals surface area contributed by atoms with Crippen LogP contribution in [0.1, 0.15) is 62.4 Å². The molecule has 0 N–H and O–H groups in total. The smallest absolute Gasteiger partial charge is 0.139 e. The average molecular weight is 330 g/mol. The molecule has 0 unspecified atom stereocenters. The van der Waals surface area contributed by atoms with Gasteiger partial charge in [0.25, 0.3) is 0 Å². The van der Waals surface area contributed by atoms with E-state index in [9.17, 15) is 0 Å². The Hall–Kier alpha value is -2.64. The van der Waals surface area contributed by atoms with Crippen LogP contribution in [0.15, 0.2) is 36.4 Å². The van der Waals surface area contributed by atoms with E-state index in [4.69, 9.17) is 11.2 Å². The SMILES string of the molecule is C#Cc1c(C)c(C#Cc2ccccc2)cc(C(C)(C)C)c1OC(C)C. The quantitative estimate of drug-likeness (QED) is 0.664. The van der Waals surface area contributed by atoms with E-state index in [-0.39, 0.29) is 11.5 Å². The van der Waals surface area contributed by atoms with Crippen molar-refractivity contribution in [1.29, 1.82) is 0 Å². The molecular weight excluding hydrogens is 304 g/mol. The summed E-state index contributed by atoms with van der Waals surface area (Å²) in [7, 11) is 0. The van der Waals surface area contributed by atoms with Crippen molar-refractivity contribution in [3.05, 3.63) is 64.2 Å². The van der Waals surface area contributed by atoms with Crippen LogP contribution < -0.4 is 4.74 Å². The first-order valence-corrected chi connectivity index (χ1v) is 8.62. The maximum absolute atomic E-state index is 6.10. The van der Waals surface area contributed by atoms with Crippen LogP contribution in [0.2, 0.25) is 0 Å². The lowest BCUT2D eigenvalue weighted by Gasteiger charge is -2.26. The van der Waals surface area contributed by atoms with Crippen LogP contribution in [0, 0.1) is 31.1 Å². The van der Waals surface area contributed by atoms with E-state index in [2.05, 4.69) is 44.6 Å². The molecule has 1 heteroatoms. The van der Waals surface area contributed by atoms with Crippen LogP contribution in [0.3, 0.4) is 0 Å². The summed E-state index contributed by atoms with van der Waals surface area (Å²) in [4.78, 5) is 0. The zero-order valence-electron chi connectivity index (χ0n) is 16.0. The van der Waals surface area contributed by atoms with E-state index in [1.54, 1.807) is 0 Å². The molecule has 0 radical (unpaired) electrons. The predicted molar refractivity (Wildman–Crippen MR) is 106 cm³/mol. The molecule has 0 aliphatic heterocycles. The van der Waals surface area contributed by atoms with Gasteiger partial charge >= 0.3 is 0 Å². The standard InChI is InChI=1S/C24H26O/c1-8-21-18(4)20(15-14-19-12-10-9-11-13-19)16-22(24(5,6)7)23(21)25-17(2)3/h1,9-13,16-17H,2-7H3. The van der Waals surface area contributed by atoms with Gasteiger partial charge in [0, 0.05) is 16.7 Å². The van der Waals surface area contributed by atoms with E-state index in [1.165, 1.54) is 0 Å². The van der Waals surface area contributed by atoms with Crippen molar-refractivity contribution in [2.24, 2.45) is 0 Å². The van der Waals surface area contributed by atoms with E-state index in [0.717, 1.165) is 33.6 Å². The topological polar surface area (TPSA) is 9.23 Å². The fraction of sp³-hybridized carbons (Fsp3) is 0.333. The van der Waals surface area contributed by atoms with E-state index in [0.29, 0.717) is 0 Å². The number of hydrogen-bond donors (Lipinski definition) is 0. The molecule has 0 aliphatic rings. The number of rotatable bonds is 2. The molecule has 0 fully saturated rings. The predicted octanol–water partition coefficient (Wildman–Crippen LogP) is 5.46. The molecule has 0 atom stereocenters. The van der Waals surface area contributed by atoms with Crippen LogP contribution in [-0.4, -0.2) is 6.10 Å². The Balaban J connectivity index is 2.68. The average Bonchev–Trinajstić information content (AvgIpc) is 2.53. The number of benzene rings is 2. The number of hydrogen-bond acceptors (Lipinski definition) is 1. The fourth-order valence-corrected chi connectivity index (χ4v) is 2.64. The molecule has 0 amide bonds. The lowest BCUT2D eigenvalue weighted by Crippen LogP contribution is -2.18. The summed E-state index contributed by atoms with van der Waals surface area (Å²) < 4.78 is 6.10. The number of terminal acetylenes is 1. The first kappa shape index (κ1) is 18.7. The largest absolute Gasteiger partial charge is 0.489 e. The molecule has 0 bridgehead atoms. The number of ether oxygens (including phenoxy) is 1. The van der Waals surface area contributed by atoms with Crippen LogP contribution in [-0.2, 0) is 5.41 Å². The van der Waals surface area contributed by atoms with Crippen LogP contribution in [0.25, 0.3) is 0 Å². The maximum atomic E-state index is 6.10. The molecule has 0 spiro atoms. The lowest BCUT2D eigenvalue weighted by molar-refractivity contribution is 0.236. The second-order valence-electron chi connectivity index (χ2n) is 7.48. The molecule has 128 valence electrons. The van der Waals surface area contributed by atoms with E-state index >= 15 is 0 Å². The normalized spacial score (nSPS) is 10.8. The molecule has 0 aromatic heterocycles. The van der Waals surface area contributed by atoms with Crippen molar-refractivity contribution >= 4 is 0 Å².